The lowest BCUT2D eigenvalue weighted by atomic mass is 9.65. The van der Waals surface area contributed by atoms with Gasteiger partial charge in [-0.05, 0) is 253 Å². The molecule has 1 unspecified atom stereocenters. The van der Waals surface area contributed by atoms with Crippen molar-refractivity contribution in [3.05, 3.63) is 352 Å². The summed E-state index contributed by atoms with van der Waals surface area (Å²) in [5.41, 5.74) is 30.9. The predicted molar refractivity (Wildman–Crippen MR) is 391 cm³/mol. The number of unbranched alkanes of at least 4 members (excludes halogenated alkanes) is 1. The van der Waals surface area contributed by atoms with E-state index in [-0.39, 0.29) is 7.43 Å². The fraction of sp³-hybridized carbons (Fsp3) is 0.195. The summed E-state index contributed by atoms with van der Waals surface area (Å²) in [5, 5.41) is 0. The average Bonchev–Trinajstić information content (AvgIpc) is 1.52. The van der Waals surface area contributed by atoms with E-state index >= 15 is 0 Å². The first-order valence-electron chi connectivity index (χ1n) is 31.9. The maximum Gasteiger partial charge on any atom is 0.0644 e. The monoisotopic (exact) mass is 1160 g/mol. The zero-order valence-corrected chi connectivity index (χ0v) is 53.4. The Kier molecular flexibility index (Phi) is 21.2. The summed E-state index contributed by atoms with van der Waals surface area (Å²) in [4.78, 5) is 4.92. The molecule has 4 aliphatic rings. The van der Waals surface area contributed by atoms with Gasteiger partial charge in [0.05, 0.1) is 5.41 Å². The molecule has 0 aliphatic heterocycles. The van der Waals surface area contributed by atoms with E-state index < -0.39 is 5.41 Å². The summed E-state index contributed by atoms with van der Waals surface area (Å²) in [6, 6.07) is 65.1. The van der Waals surface area contributed by atoms with Crippen LogP contribution in [0.5, 0.6) is 0 Å². The number of rotatable bonds is 20. The van der Waals surface area contributed by atoms with E-state index in [0.717, 1.165) is 72.7 Å². The van der Waals surface area contributed by atoms with Crippen molar-refractivity contribution in [2.45, 2.75) is 114 Å². The summed E-state index contributed by atoms with van der Waals surface area (Å²) >= 11 is 0. The van der Waals surface area contributed by atoms with Crippen LogP contribution >= 0.6 is 0 Å². The SMILES string of the molecule is C.C=C/C=C\C1=C(C)C2(C(/C=C(\C=C/C)N(/C(C)=C/C=C(CC)/C(C)=C/CCC=C)c3ccc(-c4ccccc4)cc3)=Cc3ccc(N(c4ccc(C(/C=C\C)=C/C)cc4)c4ccc(-c5ccccc5)cc4)cc32)C2=C1C1=C(CC2)c2ccccc2C1.CC. The second-order valence-electron chi connectivity index (χ2n) is 22.9. The highest BCUT2D eigenvalue weighted by Crippen LogP contribution is 2.64. The van der Waals surface area contributed by atoms with Crippen molar-refractivity contribution in [2.24, 2.45) is 0 Å². The molecule has 2 heteroatoms. The first-order chi connectivity index (χ1) is 43.1. The zero-order valence-electron chi connectivity index (χ0n) is 53.4. The fourth-order valence-corrected chi connectivity index (χ4v) is 13.8. The van der Waals surface area contributed by atoms with Gasteiger partial charge in [-0.25, -0.2) is 0 Å². The molecule has 0 N–H and O–H groups in total. The van der Waals surface area contributed by atoms with Gasteiger partial charge in [0, 0.05) is 34.1 Å². The van der Waals surface area contributed by atoms with Crippen molar-refractivity contribution in [2.75, 3.05) is 9.80 Å². The lowest BCUT2D eigenvalue weighted by Gasteiger charge is -2.38. The van der Waals surface area contributed by atoms with Gasteiger partial charge in [-0.3, -0.25) is 0 Å². The second-order valence-corrected chi connectivity index (χ2v) is 22.9. The molecule has 0 saturated heterocycles. The average molecular weight is 1160 g/mol. The van der Waals surface area contributed by atoms with E-state index in [1.165, 1.54) is 106 Å². The maximum absolute atomic E-state index is 4.23. The summed E-state index contributed by atoms with van der Waals surface area (Å²) in [5.74, 6) is 0. The Morgan fingerprint density at radius 3 is 1.83 bits per heavy atom. The summed E-state index contributed by atoms with van der Waals surface area (Å²) < 4.78 is 0. The molecule has 0 aromatic heterocycles. The number of anilines is 4. The number of hydrogen-bond acceptors (Lipinski definition) is 2. The third kappa shape index (κ3) is 12.8. The van der Waals surface area contributed by atoms with Crippen molar-refractivity contribution in [1.82, 2.24) is 0 Å². The maximum atomic E-state index is 4.23. The van der Waals surface area contributed by atoms with Crippen molar-refractivity contribution in [3.63, 3.8) is 0 Å². The molecule has 448 valence electrons. The number of nitrogens with zero attached hydrogens (tertiary/aromatic N) is 2. The van der Waals surface area contributed by atoms with E-state index in [1.54, 1.807) is 0 Å². The molecule has 0 saturated carbocycles. The molecule has 7 aromatic rings. The van der Waals surface area contributed by atoms with Gasteiger partial charge in [-0.1, -0.05) is 229 Å². The zero-order chi connectivity index (χ0) is 61.7. The molecule has 11 rings (SSSR count). The highest BCUT2D eigenvalue weighted by molar-refractivity contribution is 5.93. The predicted octanol–water partition coefficient (Wildman–Crippen LogP) is 25.1. The molecule has 1 spiro atoms. The summed E-state index contributed by atoms with van der Waals surface area (Å²) in [6.07, 6.45) is 37.2. The van der Waals surface area contributed by atoms with Gasteiger partial charge in [0.2, 0.25) is 0 Å². The van der Waals surface area contributed by atoms with Crippen molar-refractivity contribution >= 4 is 40.0 Å². The lowest BCUT2D eigenvalue weighted by Crippen LogP contribution is -2.30. The van der Waals surface area contributed by atoms with E-state index in [0.29, 0.717) is 0 Å². The molecular weight excluding hydrogens is 1070 g/mol. The molecule has 1 atom stereocenters. The lowest BCUT2D eigenvalue weighted by molar-refractivity contribution is 0.686. The Bertz CT molecular complexity index is 4090. The van der Waals surface area contributed by atoms with Gasteiger partial charge < -0.3 is 9.80 Å². The van der Waals surface area contributed by atoms with Crippen LogP contribution in [0.4, 0.5) is 22.7 Å². The minimum absolute atomic E-state index is 0. The van der Waals surface area contributed by atoms with Crippen molar-refractivity contribution in [1.29, 1.82) is 0 Å². The summed E-state index contributed by atoms with van der Waals surface area (Å²) in [7, 11) is 0. The molecule has 2 nitrogen and oxygen atoms in total. The first-order valence-corrected chi connectivity index (χ1v) is 31.9. The Labute approximate surface area is 534 Å². The van der Waals surface area contributed by atoms with Gasteiger partial charge >= 0.3 is 0 Å². The van der Waals surface area contributed by atoms with Crippen molar-refractivity contribution < 1.29 is 0 Å². The third-order valence-electron chi connectivity index (χ3n) is 17.9. The molecule has 4 aliphatic carbocycles. The topological polar surface area (TPSA) is 6.48 Å². The molecule has 7 aromatic carbocycles. The van der Waals surface area contributed by atoms with Crippen molar-refractivity contribution in [3.8, 4) is 22.3 Å². The molecule has 0 radical (unpaired) electrons. The highest BCUT2D eigenvalue weighted by Gasteiger charge is 2.53. The van der Waals surface area contributed by atoms with Gasteiger partial charge in [-0.15, -0.1) is 6.58 Å². The Morgan fingerprint density at radius 2 is 1.22 bits per heavy atom. The minimum atomic E-state index is -0.606. The van der Waals surface area contributed by atoms with E-state index in [4.69, 9.17) is 0 Å². The van der Waals surface area contributed by atoms with Crippen LogP contribution in [0.2, 0.25) is 0 Å². The number of benzene rings is 7. The number of allylic oxidation sites excluding steroid dienone is 24. The standard InChI is InChI=1S/C84H80N2.C2H6.CH4/c1-10-16-20-29-59(7)62(14-5)38-37-60(8)85(72-46-41-67(42-47-72)64-30-21-18-22-31-64)75(28-13-4)57-71-55-70-45-52-76(86(73-48-39-66(40-49-73)63(15-6)27-12-3)74-50-43-68(44-51-74)65-32-23-19-24-33-65)58-82(70)84(71)61(9)77(35-17-11-2)83-80-56-69-34-25-26-36-78(69)79(80)53-54-81(83)84;1-2;/h10-13,15,17-19,21-52,55,57-58H,1-2,14,16,20,53-54,56H2,3-9H3;1-2H3;1H4/b27-12-,28-13-,35-17-,59-29+,60-37+,62-38+,63-15+,75-57+;;. The Balaban J connectivity index is 0.00000311. The van der Waals surface area contributed by atoms with E-state index in [2.05, 4.69) is 320 Å². The molecule has 0 fully saturated rings. The van der Waals surface area contributed by atoms with Crippen LogP contribution in [-0.2, 0) is 11.8 Å². The molecule has 0 amide bonds. The quantitative estimate of drug-likeness (QED) is 0.0426. The van der Waals surface area contributed by atoms with Crippen LogP contribution in [-0.4, -0.2) is 0 Å². The first kappa shape index (κ1) is 64.0. The third-order valence-corrected chi connectivity index (χ3v) is 17.9. The smallest absolute Gasteiger partial charge is 0.0644 e. The second kappa shape index (κ2) is 29.5. The van der Waals surface area contributed by atoms with Crippen LogP contribution in [0.15, 0.2) is 324 Å². The van der Waals surface area contributed by atoms with Gasteiger partial charge in [-0.2, -0.15) is 0 Å². The normalized spacial score (nSPS) is 16.6. The van der Waals surface area contributed by atoms with Crippen LogP contribution in [0.3, 0.4) is 0 Å². The molecule has 0 heterocycles. The Hall–Kier alpha value is -9.50. The number of fused-ring (bicyclic) bond motifs is 6. The van der Waals surface area contributed by atoms with Crippen LogP contribution in [0.1, 0.15) is 130 Å². The molecular formula is C87H90N2. The highest BCUT2D eigenvalue weighted by atomic mass is 15.2. The van der Waals surface area contributed by atoms with Crippen LogP contribution in [0.25, 0.3) is 39.5 Å². The fourth-order valence-electron chi connectivity index (χ4n) is 13.8. The van der Waals surface area contributed by atoms with E-state index in [1.807, 2.05) is 26.0 Å². The van der Waals surface area contributed by atoms with Gasteiger partial charge in [0.15, 0.2) is 0 Å². The summed E-state index contributed by atoms with van der Waals surface area (Å²) in [6.45, 7) is 27.8. The molecule has 0 bridgehead atoms. The minimum Gasteiger partial charge on any atom is -0.315 e. The van der Waals surface area contributed by atoms with E-state index in [9.17, 15) is 0 Å². The van der Waals surface area contributed by atoms with Gasteiger partial charge in [0.25, 0.3) is 0 Å². The van der Waals surface area contributed by atoms with Crippen LogP contribution < -0.4 is 9.80 Å². The largest absolute Gasteiger partial charge is 0.315 e. The van der Waals surface area contributed by atoms with Crippen LogP contribution in [0, 0.1) is 0 Å². The molecule has 89 heavy (non-hydrogen) atoms. The Morgan fingerprint density at radius 1 is 0.629 bits per heavy atom. The number of hydrogen-bond donors (Lipinski definition) is 0. The van der Waals surface area contributed by atoms with Gasteiger partial charge in [0.1, 0.15) is 0 Å².